The zero-order valence-electron chi connectivity index (χ0n) is 10.2. The highest BCUT2D eigenvalue weighted by Crippen LogP contribution is 2.31. The van der Waals surface area contributed by atoms with E-state index in [0.717, 1.165) is 26.7 Å². The monoisotopic (exact) mass is 271 g/mol. The minimum Gasteiger partial charge on any atom is -0.492 e. The number of hydrogen-bond acceptors (Lipinski definition) is 5. The highest BCUT2D eigenvalue weighted by atomic mass is 32.1. The van der Waals surface area contributed by atoms with E-state index in [1.807, 2.05) is 36.4 Å². The van der Waals surface area contributed by atoms with Crippen LogP contribution >= 0.6 is 11.3 Å². The lowest BCUT2D eigenvalue weighted by Crippen LogP contribution is -2.10. The molecule has 0 bridgehead atoms. The molecule has 3 rings (SSSR count). The largest absolute Gasteiger partial charge is 0.492 e. The first-order valence-electron chi connectivity index (χ1n) is 6.02. The number of pyridine rings is 1. The van der Waals surface area contributed by atoms with Crippen LogP contribution in [0.2, 0.25) is 0 Å². The highest BCUT2D eigenvalue weighted by molar-refractivity contribution is 7.21. The van der Waals surface area contributed by atoms with Gasteiger partial charge in [0.05, 0.1) is 15.9 Å². The van der Waals surface area contributed by atoms with Crippen LogP contribution in [-0.4, -0.2) is 23.1 Å². The van der Waals surface area contributed by atoms with E-state index in [0.29, 0.717) is 13.2 Å². The van der Waals surface area contributed by atoms with Gasteiger partial charge in [-0.2, -0.15) is 0 Å². The maximum absolute atomic E-state index is 5.52. The van der Waals surface area contributed by atoms with Crippen molar-refractivity contribution >= 4 is 21.6 Å². The molecule has 0 aliphatic carbocycles. The molecule has 5 heteroatoms. The fraction of sp³-hybridized carbons (Fsp3) is 0.143. The van der Waals surface area contributed by atoms with Crippen LogP contribution in [-0.2, 0) is 0 Å². The number of nitrogens with two attached hydrogens (primary N) is 1. The van der Waals surface area contributed by atoms with Gasteiger partial charge in [0.1, 0.15) is 17.4 Å². The Morgan fingerprint density at radius 2 is 2.16 bits per heavy atom. The molecule has 1 aromatic carbocycles. The first kappa shape index (κ1) is 12.1. The van der Waals surface area contributed by atoms with Crippen LogP contribution in [0.5, 0.6) is 5.75 Å². The molecule has 4 nitrogen and oxygen atoms in total. The van der Waals surface area contributed by atoms with Crippen molar-refractivity contribution in [3.63, 3.8) is 0 Å². The van der Waals surface area contributed by atoms with Crippen molar-refractivity contribution in [1.82, 2.24) is 9.97 Å². The van der Waals surface area contributed by atoms with Crippen molar-refractivity contribution in [2.24, 2.45) is 5.73 Å². The summed E-state index contributed by atoms with van der Waals surface area (Å²) in [5.74, 6) is 0.828. The second-order valence-electron chi connectivity index (χ2n) is 4.00. The molecule has 0 aliphatic heterocycles. The molecular formula is C14H13N3OS. The van der Waals surface area contributed by atoms with Crippen LogP contribution in [0.3, 0.4) is 0 Å². The van der Waals surface area contributed by atoms with Gasteiger partial charge < -0.3 is 10.5 Å². The Bertz CT molecular complexity index is 681. The predicted molar refractivity (Wildman–Crippen MR) is 77.4 cm³/mol. The van der Waals surface area contributed by atoms with E-state index in [2.05, 4.69) is 9.97 Å². The second-order valence-corrected chi connectivity index (χ2v) is 5.03. The van der Waals surface area contributed by atoms with Gasteiger partial charge in [0.25, 0.3) is 0 Å². The van der Waals surface area contributed by atoms with Crippen LogP contribution in [0.4, 0.5) is 0 Å². The summed E-state index contributed by atoms with van der Waals surface area (Å²) in [6.45, 7) is 1.04. The average molecular weight is 271 g/mol. The van der Waals surface area contributed by atoms with E-state index in [1.54, 1.807) is 17.5 Å². The Hall–Kier alpha value is -1.98. The van der Waals surface area contributed by atoms with Gasteiger partial charge in [-0.3, -0.25) is 4.98 Å². The zero-order valence-corrected chi connectivity index (χ0v) is 11.1. The van der Waals surface area contributed by atoms with Gasteiger partial charge in [0, 0.05) is 12.7 Å². The van der Waals surface area contributed by atoms with Crippen LogP contribution < -0.4 is 10.5 Å². The van der Waals surface area contributed by atoms with E-state index in [1.165, 1.54) is 0 Å². The van der Waals surface area contributed by atoms with Gasteiger partial charge in [0.15, 0.2) is 0 Å². The summed E-state index contributed by atoms with van der Waals surface area (Å²) in [5.41, 5.74) is 7.29. The summed E-state index contributed by atoms with van der Waals surface area (Å²) in [5, 5.41) is 0.923. The molecule has 0 saturated carbocycles. The SMILES string of the molecule is NCCOc1ccc2nc(-c3ccccn3)sc2c1. The quantitative estimate of drug-likeness (QED) is 0.792. The highest BCUT2D eigenvalue weighted by Gasteiger charge is 2.07. The molecule has 2 heterocycles. The third kappa shape index (κ3) is 2.57. The van der Waals surface area contributed by atoms with E-state index in [9.17, 15) is 0 Å². The Labute approximate surface area is 114 Å². The third-order valence-corrected chi connectivity index (χ3v) is 3.67. The van der Waals surface area contributed by atoms with Crippen LogP contribution in [0.1, 0.15) is 0 Å². The molecule has 0 atom stereocenters. The van der Waals surface area contributed by atoms with Crippen molar-refractivity contribution in [2.45, 2.75) is 0 Å². The number of nitrogens with zero attached hydrogens (tertiary/aromatic N) is 2. The molecule has 0 radical (unpaired) electrons. The maximum atomic E-state index is 5.52. The summed E-state index contributed by atoms with van der Waals surface area (Å²) in [6.07, 6.45) is 1.77. The number of fused-ring (bicyclic) bond motifs is 1. The summed E-state index contributed by atoms with van der Waals surface area (Å²) >= 11 is 1.61. The fourth-order valence-electron chi connectivity index (χ4n) is 1.77. The van der Waals surface area contributed by atoms with E-state index in [4.69, 9.17) is 10.5 Å². The smallest absolute Gasteiger partial charge is 0.143 e. The van der Waals surface area contributed by atoms with Gasteiger partial charge in [-0.1, -0.05) is 6.07 Å². The van der Waals surface area contributed by atoms with Crippen LogP contribution in [0, 0.1) is 0 Å². The number of benzene rings is 1. The van der Waals surface area contributed by atoms with E-state index in [-0.39, 0.29) is 0 Å². The van der Waals surface area contributed by atoms with Gasteiger partial charge in [-0.05, 0) is 30.3 Å². The molecule has 19 heavy (non-hydrogen) atoms. The molecule has 2 N–H and O–H groups in total. The molecule has 0 saturated heterocycles. The third-order valence-electron chi connectivity index (χ3n) is 2.63. The van der Waals surface area contributed by atoms with Crippen molar-refractivity contribution in [2.75, 3.05) is 13.2 Å². The van der Waals surface area contributed by atoms with E-state index >= 15 is 0 Å². The second kappa shape index (κ2) is 5.34. The lowest BCUT2D eigenvalue weighted by atomic mass is 10.3. The lowest BCUT2D eigenvalue weighted by Gasteiger charge is -2.02. The van der Waals surface area contributed by atoms with Gasteiger partial charge in [-0.25, -0.2) is 4.98 Å². The predicted octanol–water partition coefficient (Wildman–Crippen LogP) is 2.70. The molecule has 0 aliphatic rings. The molecule has 96 valence electrons. The summed E-state index contributed by atoms with van der Waals surface area (Å²) in [4.78, 5) is 8.90. The number of ether oxygens (including phenoxy) is 1. The summed E-state index contributed by atoms with van der Waals surface area (Å²) in [7, 11) is 0. The molecular weight excluding hydrogens is 258 g/mol. The molecule has 2 aromatic heterocycles. The molecule has 0 amide bonds. The number of hydrogen-bond donors (Lipinski definition) is 1. The topological polar surface area (TPSA) is 61.0 Å². The molecule has 0 spiro atoms. The van der Waals surface area contributed by atoms with Gasteiger partial charge in [0.2, 0.25) is 0 Å². The van der Waals surface area contributed by atoms with Gasteiger partial charge in [-0.15, -0.1) is 11.3 Å². The van der Waals surface area contributed by atoms with Crippen molar-refractivity contribution in [3.8, 4) is 16.5 Å². The summed E-state index contributed by atoms with van der Waals surface area (Å²) < 4.78 is 6.61. The number of aromatic nitrogens is 2. The molecule has 3 aromatic rings. The number of thiazole rings is 1. The molecule has 0 fully saturated rings. The lowest BCUT2D eigenvalue weighted by molar-refractivity contribution is 0.329. The standard InChI is InChI=1S/C14H13N3OS/c15-6-8-18-10-4-5-11-13(9-10)19-14(17-11)12-3-1-2-7-16-12/h1-5,7,9H,6,8,15H2. The maximum Gasteiger partial charge on any atom is 0.143 e. The van der Waals surface area contributed by atoms with Crippen LogP contribution in [0.15, 0.2) is 42.6 Å². The Morgan fingerprint density at radius 1 is 1.21 bits per heavy atom. The summed E-state index contributed by atoms with van der Waals surface area (Å²) in [6, 6.07) is 11.7. The van der Waals surface area contributed by atoms with Crippen molar-refractivity contribution in [3.05, 3.63) is 42.6 Å². The average Bonchev–Trinajstić information content (AvgIpc) is 2.89. The minimum atomic E-state index is 0.514. The Morgan fingerprint density at radius 3 is 2.95 bits per heavy atom. The fourth-order valence-corrected chi connectivity index (χ4v) is 2.74. The Balaban J connectivity index is 1.97. The number of rotatable bonds is 4. The Kier molecular flexibility index (Phi) is 3.39. The zero-order chi connectivity index (χ0) is 13.1. The normalized spacial score (nSPS) is 10.8. The van der Waals surface area contributed by atoms with Gasteiger partial charge >= 0.3 is 0 Å². The van der Waals surface area contributed by atoms with Crippen LogP contribution in [0.25, 0.3) is 20.9 Å². The van der Waals surface area contributed by atoms with E-state index < -0.39 is 0 Å². The van der Waals surface area contributed by atoms with Crippen molar-refractivity contribution < 1.29 is 4.74 Å². The first-order valence-corrected chi connectivity index (χ1v) is 6.83. The molecule has 0 unspecified atom stereocenters. The minimum absolute atomic E-state index is 0.514. The first-order chi connectivity index (χ1) is 9.36. The van der Waals surface area contributed by atoms with Crippen molar-refractivity contribution in [1.29, 1.82) is 0 Å².